The predicted octanol–water partition coefficient (Wildman–Crippen LogP) is 3.45. The molecule has 29 heavy (non-hydrogen) atoms. The number of nitrogens with one attached hydrogen (secondary N) is 1. The molecule has 150 valence electrons. The number of hydrogen-bond donors (Lipinski definition) is 1. The smallest absolute Gasteiger partial charge is 0.270 e. The SMILES string of the molecule is CCOc1ccc(/C=C2/C(=O)NC(=S)N(c3ccccc3F)C2=O)c(OCC)c1. The summed E-state index contributed by atoms with van der Waals surface area (Å²) in [7, 11) is 0. The van der Waals surface area contributed by atoms with E-state index < -0.39 is 17.6 Å². The lowest BCUT2D eigenvalue weighted by molar-refractivity contribution is -0.122. The van der Waals surface area contributed by atoms with Crippen molar-refractivity contribution < 1.29 is 23.5 Å². The highest BCUT2D eigenvalue weighted by Crippen LogP contribution is 2.29. The summed E-state index contributed by atoms with van der Waals surface area (Å²) in [5, 5.41) is 2.25. The normalized spacial score (nSPS) is 15.5. The van der Waals surface area contributed by atoms with Crippen molar-refractivity contribution in [3.63, 3.8) is 0 Å². The molecule has 6 nitrogen and oxygen atoms in total. The summed E-state index contributed by atoms with van der Waals surface area (Å²) in [6.07, 6.45) is 1.40. The van der Waals surface area contributed by atoms with Gasteiger partial charge in [0.05, 0.1) is 18.9 Å². The summed E-state index contributed by atoms with van der Waals surface area (Å²) in [6, 6.07) is 10.8. The van der Waals surface area contributed by atoms with Crippen LogP contribution in [0.25, 0.3) is 6.08 Å². The summed E-state index contributed by atoms with van der Waals surface area (Å²) in [6.45, 7) is 4.56. The maximum absolute atomic E-state index is 14.2. The van der Waals surface area contributed by atoms with Gasteiger partial charge in [-0.2, -0.15) is 0 Å². The number of carbonyl (C=O) groups excluding carboxylic acids is 2. The Morgan fingerprint density at radius 3 is 2.52 bits per heavy atom. The van der Waals surface area contributed by atoms with Gasteiger partial charge in [0.25, 0.3) is 11.8 Å². The van der Waals surface area contributed by atoms with Crippen LogP contribution in [-0.4, -0.2) is 30.1 Å². The van der Waals surface area contributed by atoms with E-state index in [2.05, 4.69) is 5.32 Å². The van der Waals surface area contributed by atoms with Crippen molar-refractivity contribution in [1.82, 2.24) is 5.32 Å². The van der Waals surface area contributed by atoms with Gasteiger partial charge in [0, 0.05) is 11.6 Å². The van der Waals surface area contributed by atoms with Crippen molar-refractivity contribution in [2.45, 2.75) is 13.8 Å². The van der Waals surface area contributed by atoms with Crippen molar-refractivity contribution in [3.05, 3.63) is 59.4 Å². The van der Waals surface area contributed by atoms with Crippen LogP contribution in [0.2, 0.25) is 0 Å². The molecule has 2 aromatic rings. The van der Waals surface area contributed by atoms with E-state index in [-0.39, 0.29) is 16.4 Å². The Labute approximate surface area is 172 Å². The summed E-state index contributed by atoms with van der Waals surface area (Å²) < 4.78 is 25.3. The summed E-state index contributed by atoms with van der Waals surface area (Å²) in [5.41, 5.74) is 0.284. The Bertz CT molecular complexity index is 1010. The number of thiocarbonyl (C=S) groups is 1. The van der Waals surface area contributed by atoms with Gasteiger partial charge in [0.15, 0.2) is 5.11 Å². The predicted molar refractivity (Wildman–Crippen MR) is 111 cm³/mol. The quantitative estimate of drug-likeness (QED) is 0.446. The van der Waals surface area contributed by atoms with E-state index in [0.29, 0.717) is 30.3 Å². The number of ether oxygens (including phenoxy) is 2. The van der Waals surface area contributed by atoms with Gasteiger partial charge >= 0.3 is 0 Å². The topological polar surface area (TPSA) is 67.9 Å². The summed E-state index contributed by atoms with van der Waals surface area (Å²) in [5.74, 6) is -0.956. The molecule has 0 spiro atoms. The van der Waals surface area contributed by atoms with E-state index in [1.807, 2.05) is 13.8 Å². The highest BCUT2D eigenvalue weighted by molar-refractivity contribution is 7.80. The third-order valence-corrected chi connectivity index (χ3v) is 4.38. The minimum absolute atomic E-state index is 0.0369. The van der Waals surface area contributed by atoms with Crippen LogP contribution in [0.5, 0.6) is 11.5 Å². The molecule has 1 heterocycles. The maximum atomic E-state index is 14.2. The van der Waals surface area contributed by atoms with Crippen molar-refractivity contribution in [3.8, 4) is 11.5 Å². The second-order valence-electron chi connectivity index (χ2n) is 5.97. The molecule has 0 atom stereocenters. The number of hydrogen-bond acceptors (Lipinski definition) is 5. The number of rotatable bonds is 6. The summed E-state index contributed by atoms with van der Waals surface area (Å²) in [4.78, 5) is 26.4. The molecule has 8 heteroatoms. The van der Waals surface area contributed by atoms with Gasteiger partial charge in [0.2, 0.25) is 0 Å². The molecule has 1 saturated heterocycles. The minimum Gasteiger partial charge on any atom is -0.494 e. The number of benzene rings is 2. The first kappa shape index (κ1) is 20.5. The van der Waals surface area contributed by atoms with Crippen molar-refractivity contribution in [2.24, 2.45) is 0 Å². The third kappa shape index (κ3) is 4.27. The lowest BCUT2D eigenvalue weighted by atomic mass is 10.1. The Kier molecular flexibility index (Phi) is 6.23. The van der Waals surface area contributed by atoms with E-state index in [1.165, 1.54) is 24.3 Å². The van der Waals surface area contributed by atoms with E-state index in [4.69, 9.17) is 21.7 Å². The monoisotopic (exact) mass is 414 g/mol. The molecule has 1 aliphatic heterocycles. The standard InChI is InChI=1S/C21H19FN2O4S/c1-3-27-14-10-9-13(18(12-14)28-4-2)11-15-19(25)23-21(29)24(20(15)26)17-8-6-5-7-16(17)22/h5-12H,3-4H2,1-2H3,(H,23,25,29)/b15-11-. The number of para-hydroxylation sites is 1. The molecule has 3 rings (SSSR count). The molecule has 0 radical (unpaired) electrons. The fourth-order valence-corrected chi connectivity index (χ4v) is 3.11. The molecule has 1 aliphatic rings. The fourth-order valence-electron chi connectivity index (χ4n) is 2.84. The molecular weight excluding hydrogens is 395 g/mol. The van der Waals surface area contributed by atoms with Crippen LogP contribution < -0.4 is 19.7 Å². The van der Waals surface area contributed by atoms with E-state index in [1.54, 1.807) is 24.3 Å². The van der Waals surface area contributed by atoms with Crippen LogP contribution in [0.4, 0.5) is 10.1 Å². The molecule has 2 amide bonds. The van der Waals surface area contributed by atoms with Gasteiger partial charge < -0.3 is 9.47 Å². The van der Waals surface area contributed by atoms with Crippen molar-refractivity contribution in [1.29, 1.82) is 0 Å². The van der Waals surface area contributed by atoms with Crippen LogP contribution in [0.3, 0.4) is 0 Å². The maximum Gasteiger partial charge on any atom is 0.270 e. The minimum atomic E-state index is -0.722. The molecule has 2 aromatic carbocycles. The van der Waals surface area contributed by atoms with Gasteiger partial charge in [-0.1, -0.05) is 12.1 Å². The zero-order chi connectivity index (χ0) is 21.0. The first-order valence-corrected chi connectivity index (χ1v) is 9.42. The molecule has 1 N–H and O–H groups in total. The number of amides is 2. The Hall–Kier alpha value is -3.26. The Morgan fingerprint density at radius 1 is 1.10 bits per heavy atom. The molecular formula is C21H19FN2O4S. The zero-order valence-corrected chi connectivity index (χ0v) is 16.7. The third-order valence-electron chi connectivity index (χ3n) is 4.09. The zero-order valence-electron chi connectivity index (χ0n) is 15.9. The lowest BCUT2D eigenvalue weighted by Gasteiger charge is -2.29. The molecule has 0 aromatic heterocycles. The molecule has 0 bridgehead atoms. The highest BCUT2D eigenvalue weighted by atomic mass is 32.1. The fraction of sp³-hybridized carbons (Fsp3) is 0.190. The first-order chi connectivity index (χ1) is 14.0. The Morgan fingerprint density at radius 2 is 1.83 bits per heavy atom. The van der Waals surface area contributed by atoms with Crippen molar-refractivity contribution >= 4 is 40.9 Å². The van der Waals surface area contributed by atoms with Crippen LogP contribution in [0.15, 0.2) is 48.0 Å². The largest absolute Gasteiger partial charge is 0.494 e. The number of carbonyl (C=O) groups is 2. The second kappa shape index (κ2) is 8.83. The van der Waals surface area contributed by atoms with Gasteiger partial charge in [-0.25, -0.2) is 9.29 Å². The van der Waals surface area contributed by atoms with Crippen LogP contribution in [0, 0.1) is 5.82 Å². The van der Waals surface area contributed by atoms with E-state index in [0.717, 1.165) is 4.90 Å². The first-order valence-electron chi connectivity index (χ1n) is 9.01. The molecule has 1 fully saturated rings. The summed E-state index contributed by atoms with van der Waals surface area (Å²) >= 11 is 5.09. The molecule has 0 unspecified atom stereocenters. The van der Waals surface area contributed by atoms with E-state index >= 15 is 0 Å². The van der Waals surface area contributed by atoms with E-state index in [9.17, 15) is 14.0 Å². The second-order valence-corrected chi connectivity index (χ2v) is 6.36. The van der Waals surface area contributed by atoms with Crippen LogP contribution in [0.1, 0.15) is 19.4 Å². The Balaban J connectivity index is 2.04. The molecule has 0 aliphatic carbocycles. The highest BCUT2D eigenvalue weighted by Gasteiger charge is 2.35. The average molecular weight is 414 g/mol. The average Bonchev–Trinajstić information content (AvgIpc) is 2.68. The van der Waals surface area contributed by atoms with Gasteiger partial charge in [-0.15, -0.1) is 0 Å². The lowest BCUT2D eigenvalue weighted by Crippen LogP contribution is -2.54. The van der Waals surface area contributed by atoms with Gasteiger partial charge in [0.1, 0.15) is 22.9 Å². The number of halogens is 1. The van der Waals surface area contributed by atoms with Crippen LogP contribution in [-0.2, 0) is 9.59 Å². The van der Waals surface area contributed by atoms with Gasteiger partial charge in [-0.05, 0) is 56.4 Å². The van der Waals surface area contributed by atoms with Crippen molar-refractivity contribution in [2.75, 3.05) is 18.1 Å². The number of anilines is 1. The van der Waals surface area contributed by atoms with Gasteiger partial charge in [-0.3, -0.25) is 14.9 Å². The molecule has 0 saturated carbocycles. The number of nitrogens with zero attached hydrogens (tertiary/aromatic N) is 1. The van der Waals surface area contributed by atoms with Crippen LogP contribution >= 0.6 is 12.2 Å².